The summed E-state index contributed by atoms with van der Waals surface area (Å²) in [5, 5.41) is 6.67. The molecule has 0 radical (unpaired) electrons. The van der Waals surface area contributed by atoms with Crippen LogP contribution >= 0.6 is 0 Å². The summed E-state index contributed by atoms with van der Waals surface area (Å²) in [6, 6.07) is 20.7. The summed E-state index contributed by atoms with van der Waals surface area (Å²) in [6.45, 7) is 2.16. The highest BCUT2D eigenvalue weighted by Gasteiger charge is 2.30. The lowest BCUT2D eigenvalue weighted by molar-refractivity contribution is 0.304. The van der Waals surface area contributed by atoms with Crippen LogP contribution in [-0.2, 0) is 0 Å². The summed E-state index contributed by atoms with van der Waals surface area (Å²) in [6.07, 6.45) is 0.220. The maximum atomic E-state index is 4.67. The minimum atomic E-state index is 0.220. The van der Waals surface area contributed by atoms with E-state index in [9.17, 15) is 0 Å². The summed E-state index contributed by atoms with van der Waals surface area (Å²) < 4.78 is 0. The Morgan fingerprint density at radius 2 is 1.47 bits per heavy atom. The van der Waals surface area contributed by atoms with Crippen LogP contribution in [0.2, 0.25) is 0 Å². The van der Waals surface area contributed by atoms with Gasteiger partial charge in [0, 0.05) is 18.3 Å². The van der Waals surface area contributed by atoms with Crippen molar-refractivity contribution in [3.05, 3.63) is 66.2 Å². The average Bonchev–Trinajstić information content (AvgIpc) is 2.77. The molecule has 0 amide bonds. The van der Waals surface area contributed by atoms with E-state index in [2.05, 4.69) is 53.3 Å². The second-order valence-corrected chi connectivity index (χ2v) is 4.70. The Balaban J connectivity index is 2.05. The van der Waals surface area contributed by atoms with Crippen molar-refractivity contribution in [2.75, 3.05) is 11.9 Å². The fourth-order valence-corrected chi connectivity index (χ4v) is 2.34. The maximum Gasteiger partial charge on any atom is 0.162 e. The van der Waals surface area contributed by atoms with Gasteiger partial charge < -0.3 is 4.90 Å². The van der Waals surface area contributed by atoms with Crippen molar-refractivity contribution in [3.8, 4) is 0 Å². The monoisotopic (exact) mass is 251 g/mol. The first-order valence-electron chi connectivity index (χ1n) is 6.48. The van der Waals surface area contributed by atoms with E-state index in [1.165, 1.54) is 5.69 Å². The molecule has 1 aliphatic rings. The second kappa shape index (κ2) is 4.76. The van der Waals surface area contributed by atoms with E-state index in [0.717, 1.165) is 11.4 Å². The van der Waals surface area contributed by atoms with Crippen LogP contribution in [0.5, 0.6) is 0 Å². The lowest BCUT2D eigenvalue weighted by Crippen LogP contribution is -2.38. The van der Waals surface area contributed by atoms with Gasteiger partial charge in [-0.15, -0.1) is 0 Å². The van der Waals surface area contributed by atoms with Gasteiger partial charge in [-0.05, 0) is 19.1 Å². The molecular weight excluding hydrogens is 234 g/mol. The fourth-order valence-electron chi connectivity index (χ4n) is 2.34. The van der Waals surface area contributed by atoms with Crippen molar-refractivity contribution in [2.24, 2.45) is 5.10 Å². The summed E-state index contributed by atoms with van der Waals surface area (Å²) in [5.74, 6) is 1.00. The fraction of sp³-hybridized carbons (Fsp3) is 0.188. The van der Waals surface area contributed by atoms with Gasteiger partial charge in [0.05, 0.1) is 0 Å². The van der Waals surface area contributed by atoms with E-state index >= 15 is 0 Å². The van der Waals surface area contributed by atoms with Crippen LogP contribution < -0.4 is 4.90 Å². The quantitative estimate of drug-likeness (QED) is 0.816. The molecule has 1 heterocycles. The molecule has 0 N–H and O–H groups in total. The zero-order chi connectivity index (χ0) is 13.2. The molecule has 0 fully saturated rings. The zero-order valence-electron chi connectivity index (χ0n) is 11.2. The Morgan fingerprint density at radius 3 is 2.11 bits per heavy atom. The Hall–Kier alpha value is -2.29. The largest absolute Gasteiger partial charge is 0.302 e. The molecule has 3 nitrogen and oxygen atoms in total. The first-order chi connectivity index (χ1) is 9.27. The Labute approximate surface area is 113 Å². The van der Waals surface area contributed by atoms with Crippen LogP contribution in [0.15, 0.2) is 65.8 Å². The summed E-state index contributed by atoms with van der Waals surface area (Å²) in [4.78, 5) is 2.26. The lowest BCUT2D eigenvalue weighted by Gasteiger charge is -2.27. The number of nitrogens with zero attached hydrogens (tertiary/aromatic N) is 3. The topological polar surface area (TPSA) is 18.8 Å². The summed E-state index contributed by atoms with van der Waals surface area (Å²) in [7, 11) is 2.01. The third kappa shape index (κ3) is 2.08. The number of para-hydroxylation sites is 1. The predicted molar refractivity (Wildman–Crippen MR) is 79.1 cm³/mol. The highest BCUT2D eigenvalue weighted by Crippen LogP contribution is 2.26. The van der Waals surface area contributed by atoms with E-state index in [1.54, 1.807) is 0 Å². The number of hydrogen-bond donors (Lipinski definition) is 0. The van der Waals surface area contributed by atoms with Gasteiger partial charge in [-0.1, -0.05) is 48.5 Å². The van der Waals surface area contributed by atoms with Gasteiger partial charge in [0.1, 0.15) is 6.17 Å². The number of hydrazone groups is 1. The van der Waals surface area contributed by atoms with E-state index in [1.807, 2.05) is 36.3 Å². The lowest BCUT2D eigenvalue weighted by atomic mass is 10.1. The van der Waals surface area contributed by atoms with Crippen molar-refractivity contribution < 1.29 is 0 Å². The van der Waals surface area contributed by atoms with Crippen LogP contribution in [0.4, 0.5) is 5.69 Å². The Kier molecular flexibility index (Phi) is 2.95. The minimum Gasteiger partial charge on any atom is -0.302 e. The molecule has 0 aliphatic carbocycles. The average molecular weight is 251 g/mol. The molecule has 1 unspecified atom stereocenters. The van der Waals surface area contributed by atoms with E-state index in [-0.39, 0.29) is 6.17 Å². The summed E-state index contributed by atoms with van der Waals surface area (Å²) in [5.41, 5.74) is 2.31. The van der Waals surface area contributed by atoms with Crippen molar-refractivity contribution in [3.63, 3.8) is 0 Å². The highest BCUT2D eigenvalue weighted by atomic mass is 15.6. The van der Waals surface area contributed by atoms with Gasteiger partial charge in [-0.2, -0.15) is 5.10 Å². The molecule has 0 saturated heterocycles. The molecule has 3 heteroatoms. The van der Waals surface area contributed by atoms with E-state index in [4.69, 9.17) is 0 Å². The second-order valence-electron chi connectivity index (χ2n) is 4.70. The number of hydrogen-bond acceptors (Lipinski definition) is 3. The van der Waals surface area contributed by atoms with Gasteiger partial charge in [0.2, 0.25) is 0 Å². The smallest absolute Gasteiger partial charge is 0.162 e. The Morgan fingerprint density at radius 1 is 0.895 bits per heavy atom. The molecule has 19 heavy (non-hydrogen) atoms. The van der Waals surface area contributed by atoms with Gasteiger partial charge >= 0.3 is 0 Å². The molecule has 2 aromatic carbocycles. The molecule has 96 valence electrons. The van der Waals surface area contributed by atoms with Gasteiger partial charge in [0.25, 0.3) is 0 Å². The number of amidine groups is 1. The molecule has 0 aromatic heterocycles. The van der Waals surface area contributed by atoms with Crippen LogP contribution in [0.25, 0.3) is 0 Å². The molecular formula is C16H17N3. The standard InChI is InChI=1S/C16H17N3/c1-13-18(2)17-16(14-9-5-3-6-10-14)19(13)15-11-7-4-8-12-15/h3-13H,1-2H3. The van der Waals surface area contributed by atoms with Gasteiger partial charge in [-0.25, -0.2) is 0 Å². The van der Waals surface area contributed by atoms with Crippen LogP contribution in [0.1, 0.15) is 12.5 Å². The van der Waals surface area contributed by atoms with Gasteiger partial charge in [-0.3, -0.25) is 5.01 Å². The first kappa shape index (κ1) is 11.8. The summed E-state index contributed by atoms with van der Waals surface area (Å²) >= 11 is 0. The molecule has 0 saturated carbocycles. The third-order valence-corrected chi connectivity index (χ3v) is 3.46. The SMILES string of the molecule is CC1N(C)N=C(c2ccccc2)N1c1ccccc1. The van der Waals surface area contributed by atoms with Crippen molar-refractivity contribution in [1.82, 2.24) is 5.01 Å². The molecule has 3 rings (SSSR count). The number of rotatable bonds is 2. The van der Waals surface area contributed by atoms with E-state index < -0.39 is 0 Å². The normalized spacial score (nSPS) is 18.6. The predicted octanol–water partition coefficient (Wildman–Crippen LogP) is 3.15. The third-order valence-electron chi connectivity index (χ3n) is 3.46. The van der Waals surface area contributed by atoms with Crippen LogP contribution in [0.3, 0.4) is 0 Å². The molecule has 2 aromatic rings. The van der Waals surface area contributed by atoms with Crippen molar-refractivity contribution >= 4 is 11.5 Å². The van der Waals surface area contributed by atoms with Crippen molar-refractivity contribution in [1.29, 1.82) is 0 Å². The van der Waals surface area contributed by atoms with Crippen LogP contribution in [-0.4, -0.2) is 24.1 Å². The molecule has 0 bridgehead atoms. The van der Waals surface area contributed by atoms with Gasteiger partial charge in [0.15, 0.2) is 5.84 Å². The zero-order valence-corrected chi connectivity index (χ0v) is 11.2. The Bertz CT molecular complexity index is 577. The molecule has 0 spiro atoms. The maximum absolute atomic E-state index is 4.67. The van der Waals surface area contributed by atoms with Crippen LogP contribution in [0, 0.1) is 0 Å². The number of benzene rings is 2. The van der Waals surface area contributed by atoms with E-state index in [0.29, 0.717) is 0 Å². The molecule has 1 aliphatic heterocycles. The number of anilines is 1. The highest BCUT2D eigenvalue weighted by molar-refractivity contribution is 6.11. The molecule has 1 atom stereocenters. The minimum absolute atomic E-state index is 0.220. The first-order valence-corrected chi connectivity index (χ1v) is 6.48. The van der Waals surface area contributed by atoms with Crippen molar-refractivity contribution in [2.45, 2.75) is 13.1 Å².